The van der Waals surface area contributed by atoms with Gasteiger partial charge in [-0.05, 0) is 60.9 Å². The molecular formula is C22H19ClN4O2S2. The van der Waals surface area contributed by atoms with Gasteiger partial charge in [-0.2, -0.15) is 4.52 Å². The molecule has 6 nitrogen and oxygen atoms in total. The maximum atomic E-state index is 12.3. The van der Waals surface area contributed by atoms with Crippen LogP contribution in [-0.4, -0.2) is 38.0 Å². The highest BCUT2D eigenvalue weighted by atomic mass is 35.5. The van der Waals surface area contributed by atoms with Gasteiger partial charge in [0.1, 0.15) is 12.1 Å². The highest BCUT2D eigenvalue weighted by Crippen LogP contribution is 2.24. The van der Waals surface area contributed by atoms with E-state index in [2.05, 4.69) is 15.3 Å². The van der Waals surface area contributed by atoms with Crippen LogP contribution in [0.1, 0.15) is 28.8 Å². The molecule has 0 aliphatic heterocycles. The first-order chi connectivity index (χ1) is 15.2. The van der Waals surface area contributed by atoms with Crippen molar-refractivity contribution >= 4 is 51.5 Å². The van der Waals surface area contributed by atoms with Crippen LogP contribution in [0.5, 0.6) is 5.75 Å². The standard InChI is InChI=1S/C22H19ClN4O2S2/c23-18-8-3-16(4-9-18)5-12-20(28)17-6-10-19(11-7-17)29-13-1-2-14-30-22-26-27-15-24-25-21(27)31-22/h3-12,15H,1-2,13-14H2/b12-5+. The number of aromatic nitrogens is 4. The molecule has 9 heteroatoms. The van der Waals surface area contributed by atoms with Gasteiger partial charge in [0.25, 0.3) is 0 Å². The normalized spacial score (nSPS) is 11.4. The van der Waals surface area contributed by atoms with Crippen LogP contribution in [0.4, 0.5) is 0 Å². The fourth-order valence-electron chi connectivity index (χ4n) is 2.71. The fourth-order valence-corrected chi connectivity index (χ4v) is 4.77. The maximum absolute atomic E-state index is 12.3. The Morgan fingerprint density at radius 2 is 1.94 bits per heavy atom. The number of nitrogens with zero attached hydrogens (tertiary/aromatic N) is 4. The Labute approximate surface area is 192 Å². The highest BCUT2D eigenvalue weighted by molar-refractivity contribution is 8.01. The van der Waals surface area contributed by atoms with Crippen molar-refractivity contribution in [2.24, 2.45) is 0 Å². The number of thioether (sulfide) groups is 1. The van der Waals surface area contributed by atoms with Crippen molar-refractivity contribution in [1.82, 2.24) is 19.8 Å². The summed E-state index contributed by atoms with van der Waals surface area (Å²) in [4.78, 5) is 13.1. The van der Waals surface area contributed by atoms with Crippen LogP contribution in [0.3, 0.4) is 0 Å². The highest BCUT2D eigenvalue weighted by Gasteiger charge is 2.06. The molecule has 0 saturated carbocycles. The average molecular weight is 471 g/mol. The molecular weight excluding hydrogens is 452 g/mol. The number of ketones is 1. The van der Waals surface area contributed by atoms with Crippen molar-refractivity contribution in [1.29, 1.82) is 0 Å². The molecule has 4 rings (SSSR count). The van der Waals surface area contributed by atoms with Crippen molar-refractivity contribution in [3.05, 3.63) is 77.1 Å². The molecule has 4 aromatic rings. The number of rotatable bonds is 10. The van der Waals surface area contributed by atoms with Crippen LogP contribution in [0, 0.1) is 0 Å². The second kappa shape index (κ2) is 10.6. The van der Waals surface area contributed by atoms with Gasteiger partial charge in [-0.3, -0.25) is 4.79 Å². The molecule has 0 amide bonds. The Morgan fingerprint density at radius 3 is 2.71 bits per heavy atom. The van der Waals surface area contributed by atoms with Crippen molar-refractivity contribution < 1.29 is 9.53 Å². The molecule has 0 radical (unpaired) electrons. The van der Waals surface area contributed by atoms with Crippen molar-refractivity contribution in [3.63, 3.8) is 0 Å². The van der Waals surface area contributed by atoms with Crippen LogP contribution in [-0.2, 0) is 0 Å². The quantitative estimate of drug-likeness (QED) is 0.128. The third-order valence-corrected chi connectivity index (χ3v) is 6.72. The number of carbonyl (C=O) groups excluding carboxylic acids is 1. The first-order valence-corrected chi connectivity index (χ1v) is 11.9. The van der Waals surface area contributed by atoms with Crippen molar-refractivity contribution in [2.75, 3.05) is 12.4 Å². The van der Waals surface area contributed by atoms with Gasteiger partial charge in [0.15, 0.2) is 10.1 Å². The number of carbonyl (C=O) groups is 1. The first-order valence-electron chi connectivity index (χ1n) is 9.68. The van der Waals surface area contributed by atoms with Crippen molar-refractivity contribution in [3.8, 4) is 5.75 Å². The number of halogens is 1. The van der Waals surface area contributed by atoms with Crippen LogP contribution in [0.15, 0.2) is 65.3 Å². The molecule has 2 aromatic heterocycles. The van der Waals surface area contributed by atoms with E-state index in [9.17, 15) is 4.79 Å². The second-order valence-electron chi connectivity index (χ2n) is 6.60. The fraction of sp³-hybridized carbons (Fsp3) is 0.182. The SMILES string of the molecule is O=C(/C=C/c1ccc(Cl)cc1)c1ccc(OCCCCSc2nn3cnnc3s2)cc1. The number of allylic oxidation sites excluding steroid dienone is 1. The Morgan fingerprint density at radius 1 is 1.13 bits per heavy atom. The van der Waals surface area contributed by atoms with Gasteiger partial charge in [0.2, 0.25) is 4.96 Å². The summed E-state index contributed by atoms with van der Waals surface area (Å²) in [5.74, 6) is 1.68. The van der Waals surface area contributed by atoms with E-state index in [1.165, 1.54) is 0 Å². The summed E-state index contributed by atoms with van der Waals surface area (Å²) in [5.41, 5.74) is 1.55. The van der Waals surface area contributed by atoms with Gasteiger partial charge in [0, 0.05) is 16.3 Å². The molecule has 0 aliphatic carbocycles. The van der Waals surface area contributed by atoms with E-state index in [0.29, 0.717) is 17.2 Å². The predicted molar refractivity (Wildman–Crippen MR) is 125 cm³/mol. The number of unbranched alkanes of at least 4 members (excludes halogenated alkanes) is 1. The number of hydrogen-bond acceptors (Lipinski definition) is 7. The van der Waals surface area contributed by atoms with E-state index >= 15 is 0 Å². The summed E-state index contributed by atoms with van der Waals surface area (Å²) < 4.78 is 8.47. The molecule has 31 heavy (non-hydrogen) atoms. The van der Waals surface area contributed by atoms with Gasteiger partial charge in [-0.25, -0.2) is 0 Å². The topological polar surface area (TPSA) is 69.4 Å². The summed E-state index contributed by atoms with van der Waals surface area (Å²) in [6.07, 6.45) is 6.92. The molecule has 0 saturated heterocycles. The summed E-state index contributed by atoms with van der Waals surface area (Å²) in [5, 5.41) is 12.9. The molecule has 0 atom stereocenters. The number of hydrogen-bond donors (Lipinski definition) is 0. The molecule has 0 spiro atoms. The molecule has 0 N–H and O–H groups in total. The zero-order valence-electron chi connectivity index (χ0n) is 16.5. The van der Waals surface area contributed by atoms with Gasteiger partial charge in [-0.15, -0.1) is 15.3 Å². The van der Waals surface area contributed by atoms with Crippen LogP contribution < -0.4 is 4.74 Å². The molecule has 2 heterocycles. The first kappa shape index (κ1) is 21.5. The van der Waals surface area contributed by atoms with Gasteiger partial charge >= 0.3 is 0 Å². The molecule has 0 unspecified atom stereocenters. The Bertz CT molecular complexity index is 1140. The molecule has 158 valence electrons. The third kappa shape index (κ3) is 6.16. The maximum Gasteiger partial charge on any atom is 0.235 e. The Balaban J connectivity index is 1.16. The molecule has 0 fully saturated rings. The van der Waals surface area contributed by atoms with E-state index < -0.39 is 0 Å². The molecule has 0 bridgehead atoms. The third-order valence-electron chi connectivity index (χ3n) is 4.34. The minimum Gasteiger partial charge on any atom is -0.494 e. The zero-order valence-corrected chi connectivity index (χ0v) is 18.9. The molecule has 0 aliphatic rings. The summed E-state index contributed by atoms with van der Waals surface area (Å²) in [6.45, 7) is 0.634. The smallest absolute Gasteiger partial charge is 0.235 e. The van der Waals surface area contributed by atoms with E-state index in [0.717, 1.165) is 39.2 Å². The second-order valence-corrected chi connectivity index (χ2v) is 9.34. The Hall–Kier alpha value is -2.68. The lowest BCUT2D eigenvalue weighted by molar-refractivity contribution is 0.104. The lowest BCUT2D eigenvalue weighted by Gasteiger charge is -2.06. The number of ether oxygens (including phenoxy) is 1. The lowest BCUT2D eigenvalue weighted by Crippen LogP contribution is -1.99. The minimum absolute atomic E-state index is 0.0519. The Kier molecular flexibility index (Phi) is 7.35. The summed E-state index contributed by atoms with van der Waals surface area (Å²) in [6, 6.07) is 14.6. The van der Waals surface area contributed by atoms with E-state index in [1.54, 1.807) is 70.4 Å². The van der Waals surface area contributed by atoms with Gasteiger partial charge in [-0.1, -0.05) is 52.9 Å². The average Bonchev–Trinajstić information content (AvgIpc) is 3.38. The lowest BCUT2D eigenvalue weighted by atomic mass is 10.1. The number of fused-ring (bicyclic) bond motifs is 1. The van der Waals surface area contributed by atoms with Crippen molar-refractivity contribution in [2.45, 2.75) is 17.2 Å². The van der Waals surface area contributed by atoms with Crippen LogP contribution in [0.2, 0.25) is 5.02 Å². The van der Waals surface area contributed by atoms with Gasteiger partial charge in [0.05, 0.1) is 6.61 Å². The summed E-state index contributed by atoms with van der Waals surface area (Å²) >= 11 is 9.13. The largest absolute Gasteiger partial charge is 0.494 e. The predicted octanol–water partition coefficient (Wildman–Crippen LogP) is 5.69. The number of benzene rings is 2. The van der Waals surface area contributed by atoms with E-state index in [-0.39, 0.29) is 5.78 Å². The van der Waals surface area contributed by atoms with Gasteiger partial charge < -0.3 is 4.74 Å². The zero-order chi connectivity index (χ0) is 21.5. The van der Waals surface area contributed by atoms with Crippen LogP contribution >= 0.6 is 34.7 Å². The summed E-state index contributed by atoms with van der Waals surface area (Å²) in [7, 11) is 0. The minimum atomic E-state index is -0.0519. The van der Waals surface area contributed by atoms with Crippen LogP contribution in [0.25, 0.3) is 11.0 Å². The monoisotopic (exact) mass is 470 g/mol. The van der Waals surface area contributed by atoms with E-state index in [4.69, 9.17) is 16.3 Å². The van der Waals surface area contributed by atoms with E-state index in [1.807, 2.05) is 24.3 Å². The molecule has 2 aromatic carbocycles.